The summed E-state index contributed by atoms with van der Waals surface area (Å²) in [7, 11) is -1.51. The van der Waals surface area contributed by atoms with Crippen LogP contribution in [0.15, 0.2) is 30.5 Å². The van der Waals surface area contributed by atoms with Crippen molar-refractivity contribution in [2.24, 2.45) is 0 Å². The molecule has 1 heterocycles. The summed E-state index contributed by atoms with van der Waals surface area (Å²) in [5.74, 6) is 3.04. The number of nitrogens with zero attached hydrogens (tertiary/aromatic N) is 2. The monoisotopic (exact) mass is 349 g/mol. The molecule has 0 radical (unpaired) electrons. The van der Waals surface area contributed by atoms with Crippen LogP contribution in [0.3, 0.4) is 0 Å². The number of nitrogens with one attached hydrogen (secondary N) is 1. The molecule has 7 heteroatoms. The Bertz CT molecular complexity index is 799. The van der Waals surface area contributed by atoms with E-state index in [1.54, 1.807) is 6.07 Å². The van der Waals surface area contributed by atoms with Crippen LogP contribution in [0.2, 0.25) is 19.6 Å². The Kier molecular flexibility index (Phi) is 4.99. The second-order valence-electron chi connectivity index (χ2n) is 6.48. The van der Waals surface area contributed by atoms with Gasteiger partial charge in [0.15, 0.2) is 0 Å². The highest BCUT2D eigenvalue weighted by Crippen LogP contribution is 2.28. The Balaban J connectivity index is 2.30. The van der Waals surface area contributed by atoms with Crippen molar-refractivity contribution in [3.05, 3.63) is 47.3 Å². The average Bonchev–Trinajstić information content (AvgIpc) is 2.43. The molecule has 0 fully saturated rings. The maximum absolute atomic E-state index is 12.7. The molecule has 0 bridgehead atoms. The Morgan fingerprint density at radius 2 is 1.83 bits per heavy atom. The molecule has 0 spiro atoms. The first kappa shape index (κ1) is 18.0. The molecule has 0 aliphatic heterocycles. The topological polar surface area (TPSA) is 37.8 Å². The normalized spacial score (nSPS) is 11.6. The molecule has 0 aliphatic rings. The minimum atomic E-state index is -4.50. The fourth-order valence-corrected chi connectivity index (χ4v) is 2.41. The SMILES string of the molecule is Cc1cc(C#C[Si](C)(C)C)cc(Nc2nccc(C(F)(F)F)n2)c1. The maximum Gasteiger partial charge on any atom is 0.433 e. The summed E-state index contributed by atoms with van der Waals surface area (Å²) in [6.07, 6.45) is -3.42. The Morgan fingerprint density at radius 1 is 1.12 bits per heavy atom. The molecular formula is C17H18F3N3Si. The van der Waals surface area contributed by atoms with Crippen molar-refractivity contribution in [2.75, 3.05) is 5.32 Å². The molecule has 0 aliphatic carbocycles. The van der Waals surface area contributed by atoms with E-state index in [0.29, 0.717) is 5.69 Å². The van der Waals surface area contributed by atoms with Crippen LogP contribution in [0, 0.1) is 18.4 Å². The van der Waals surface area contributed by atoms with Gasteiger partial charge in [-0.2, -0.15) is 13.2 Å². The number of alkyl halides is 3. The maximum atomic E-state index is 12.7. The first-order chi connectivity index (χ1) is 11.0. The van der Waals surface area contributed by atoms with Crippen LogP contribution >= 0.6 is 0 Å². The predicted octanol–water partition coefficient (Wildman–Crippen LogP) is 4.78. The lowest BCUT2D eigenvalue weighted by molar-refractivity contribution is -0.141. The molecule has 0 unspecified atom stereocenters. The van der Waals surface area contributed by atoms with E-state index in [4.69, 9.17) is 0 Å². The lowest BCUT2D eigenvalue weighted by Gasteiger charge is -2.10. The summed E-state index contributed by atoms with van der Waals surface area (Å²) in [4.78, 5) is 7.35. The van der Waals surface area contributed by atoms with Crippen LogP contribution in [-0.2, 0) is 6.18 Å². The van der Waals surface area contributed by atoms with E-state index in [2.05, 4.69) is 46.4 Å². The van der Waals surface area contributed by atoms with Gasteiger partial charge < -0.3 is 5.32 Å². The third-order valence-electron chi connectivity index (χ3n) is 2.86. The van der Waals surface area contributed by atoms with Gasteiger partial charge >= 0.3 is 6.18 Å². The molecule has 2 rings (SSSR count). The van der Waals surface area contributed by atoms with Gasteiger partial charge in [0.1, 0.15) is 13.8 Å². The summed E-state index contributed by atoms with van der Waals surface area (Å²) < 4.78 is 38.1. The van der Waals surface area contributed by atoms with Crippen LogP contribution in [-0.4, -0.2) is 18.0 Å². The molecule has 1 aromatic heterocycles. The fraction of sp³-hybridized carbons (Fsp3) is 0.294. The van der Waals surface area contributed by atoms with E-state index < -0.39 is 19.9 Å². The number of aromatic nitrogens is 2. The van der Waals surface area contributed by atoms with Gasteiger partial charge in [0.2, 0.25) is 5.95 Å². The Hall–Kier alpha value is -2.33. The van der Waals surface area contributed by atoms with Gasteiger partial charge in [0.25, 0.3) is 0 Å². The molecule has 0 saturated heterocycles. The molecule has 0 amide bonds. The summed E-state index contributed by atoms with van der Waals surface area (Å²) in [6.45, 7) is 8.33. The summed E-state index contributed by atoms with van der Waals surface area (Å²) in [6, 6.07) is 6.37. The highest BCUT2D eigenvalue weighted by molar-refractivity contribution is 6.83. The van der Waals surface area contributed by atoms with Gasteiger partial charge in [-0.25, -0.2) is 9.97 Å². The molecule has 126 valence electrons. The van der Waals surface area contributed by atoms with Gasteiger partial charge in [-0.3, -0.25) is 0 Å². The number of rotatable bonds is 2. The molecule has 1 N–H and O–H groups in total. The van der Waals surface area contributed by atoms with Crippen LogP contribution < -0.4 is 5.32 Å². The van der Waals surface area contributed by atoms with Gasteiger partial charge in [-0.15, -0.1) is 5.54 Å². The van der Waals surface area contributed by atoms with Crippen LogP contribution in [0.5, 0.6) is 0 Å². The molecule has 24 heavy (non-hydrogen) atoms. The van der Waals surface area contributed by atoms with E-state index in [1.165, 1.54) is 0 Å². The lowest BCUT2D eigenvalue weighted by Crippen LogP contribution is -2.16. The summed E-state index contributed by atoms with van der Waals surface area (Å²) in [5.41, 5.74) is 4.65. The first-order valence-corrected chi connectivity index (χ1v) is 10.9. The van der Waals surface area contributed by atoms with Gasteiger partial charge in [0.05, 0.1) is 0 Å². The zero-order valence-corrected chi connectivity index (χ0v) is 14.9. The van der Waals surface area contributed by atoms with Crippen LogP contribution in [0.1, 0.15) is 16.8 Å². The average molecular weight is 349 g/mol. The molecule has 2 aromatic rings. The second kappa shape index (κ2) is 6.65. The largest absolute Gasteiger partial charge is 0.433 e. The minimum absolute atomic E-state index is 0.0977. The zero-order valence-electron chi connectivity index (χ0n) is 13.9. The van der Waals surface area contributed by atoms with Crippen molar-refractivity contribution in [3.8, 4) is 11.5 Å². The molecule has 3 nitrogen and oxygen atoms in total. The predicted molar refractivity (Wildman–Crippen MR) is 91.7 cm³/mol. The van der Waals surface area contributed by atoms with Crippen molar-refractivity contribution in [3.63, 3.8) is 0 Å². The van der Waals surface area contributed by atoms with E-state index >= 15 is 0 Å². The first-order valence-electron chi connectivity index (χ1n) is 7.35. The quantitative estimate of drug-likeness (QED) is 0.626. The van der Waals surface area contributed by atoms with Crippen molar-refractivity contribution in [1.82, 2.24) is 9.97 Å². The van der Waals surface area contributed by atoms with E-state index in [-0.39, 0.29) is 5.95 Å². The number of hydrogen-bond donors (Lipinski definition) is 1. The molecule has 1 aromatic carbocycles. The molecular weight excluding hydrogens is 331 g/mol. The number of halogens is 3. The lowest BCUT2D eigenvalue weighted by atomic mass is 10.1. The molecule has 0 atom stereocenters. The van der Waals surface area contributed by atoms with Crippen molar-refractivity contribution >= 4 is 19.7 Å². The number of hydrogen-bond acceptors (Lipinski definition) is 3. The number of anilines is 2. The highest BCUT2D eigenvalue weighted by atomic mass is 28.3. The van der Waals surface area contributed by atoms with Crippen molar-refractivity contribution in [1.29, 1.82) is 0 Å². The Morgan fingerprint density at radius 3 is 2.46 bits per heavy atom. The van der Waals surface area contributed by atoms with E-state index in [0.717, 1.165) is 23.4 Å². The zero-order chi connectivity index (χ0) is 18.0. The second-order valence-corrected chi connectivity index (χ2v) is 11.2. The highest BCUT2D eigenvalue weighted by Gasteiger charge is 2.32. The molecule has 0 saturated carbocycles. The number of benzene rings is 1. The van der Waals surface area contributed by atoms with Crippen LogP contribution in [0.4, 0.5) is 24.8 Å². The summed E-state index contributed by atoms with van der Waals surface area (Å²) in [5, 5.41) is 2.82. The van der Waals surface area contributed by atoms with Crippen molar-refractivity contribution in [2.45, 2.75) is 32.7 Å². The van der Waals surface area contributed by atoms with Gasteiger partial charge in [-0.1, -0.05) is 25.6 Å². The summed E-state index contributed by atoms with van der Waals surface area (Å²) >= 11 is 0. The smallest absolute Gasteiger partial charge is 0.324 e. The Labute approximate surface area is 140 Å². The third kappa shape index (κ3) is 5.39. The fourth-order valence-electron chi connectivity index (χ4n) is 1.89. The van der Waals surface area contributed by atoms with E-state index in [9.17, 15) is 13.2 Å². The van der Waals surface area contributed by atoms with E-state index in [1.807, 2.05) is 19.1 Å². The van der Waals surface area contributed by atoms with Crippen molar-refractivity contribution < 1.29 is 13.2 Å². The third-order valence-corrected chi connectivity index (χ3v) is 3.74. The standard InChI is InChI=1S/C17H18F3N3Si/c1-12-9-13(6-8-24(2,3)4)11-14(10-12)22-16-21-7-5-15(23-16)17(18,19)20/h5,7,9-11H,1-4H3,(H,21,22,23). The van der Waals surface area contributed by atoms with Gasteiger partial charge in [0, 0.05) is 17.4 Å². The van der Waals surface area contributed by atoms with Crippen LogP contribution in [0.25, 0.3) is 0 Å². The number of aryl methyl sites for hydroxylation is 1. The van der Waals surface area contributed by atoms with Gasteiger partial charge in [-0.05, 0) is 36.8 Å². The minimum Gasteiger partial charge on any atom is -0.324 e.